The number of carbonyl (C=O) groups is 2. The minimum Gasteiger partial charge on any atom is -0.497 e. The number of hydrogen-bond acceptors (Lipinski definition) is 5. The van der Waals surface area contributed by atoms with Gasteiger partial charge < -0.3 is 19.5 Å². The number of ketones is 1. The van der Waals surface area contributed by atoms with Crippen LogP contribution in [0.3, 0.4) is 0 Å². The van der Waals surface area contributed by atoms with Crippen LogP contribution in [-0.2, 0) is 0 Å². The second kappa shape index (κ2) is 6.00. The molecule has 0 radical (unpaired) electrons. The third-order valence-electron chi connectivity index (χ3n) is 3.49. The molecule has 0 spiro atoms. The van der Waals surface area contributed by atoms with Crippen molar-refractivity contribution in [2.24, 2.45) is 0 Å². The highest BCUT2D eigenvalue weighted by atomic mass is 16.7. The molecule has 0 saturated carbocycles. The number of methoxy groups -OCH3 is 1. The van der Waals surface area contributed by atoms with E-state index in [1.54, 1.807) is 36.4 Å². The van der Waals surface area contributed by atoms with Crippen LogP contribution in [0.1, 0.15) is 27.6 Å². The minimum absolute atomic E-state index is 0.144. The highest BCUT2D eigenvalue weighted by Gasteiger charge is 2.18. The standard InChI is InChI=1S/C17H15NO5/c1-10(19)13-5-4-12(21-2)8-14(13)18-17(20)11-3-6-15-16(7-11)23-9-22-15/h3-8H,9H2,1-2H3,(H,18,20). The second-order valence-electron chi connectivity index (χ2n) is 4.99. The van der Waals surface area contributed by atoms with Gasteiger partial charge in [0.15, 0.2) is 17.3 Å². The smallest absolute Gasteiger partial charge is 0.255 e. The fourth-order valence-corrected chi connectivity index (χ4v) is 2.29. The number of carbonyl (C=O) groups excluding carboxylic acids is 2. The van der Waals surface area contributed by atoms with Crippen molar-refractivity contribution in [1.29, 1.82) is 0 Å². The Bertz CT molecular complexity index is 785. The number of anilines is 1. The number of hydrogen-bond donors (Lipinski definition) is 1. The van der Waals surface area contributed by atoms with Gasteiger partial charge in [-0.15, -0.1) is 0 Å². The van der Waals surface area contributed by atoms with Crippen molar-refractivity contribution in [3.05, 3.63) is 47.5 Å². The van der Waals surface area contributed by atoms with Gasteiger partial charge in [0.2, 0.25) is 6.79 Å². The van der Waals surface area contributed by atoms with Gasteiger partial charge in [0, 0.05) is 17.2 Å². The zero-order valence-electron chi connectivity index (χ0n) is 12.7. The largest absolute Gasteiger partial charge is 0.497 e. The molecule has 0 fully saturated rings. The zero-order valence-corrected chi connectivity index (χ0v) is 12.7. The lowest BCUT2D eigenvalue weighted by molar-refractivity contribution is 0.101. The fraction of sp³-hybridized carbons (Fsp3) is 0.176. The number of ether oxygens (including phenoxy) is 3. The van der Waals surface area contributed by atoms with Gasteiger partial charge in [-0.25, -0.2) is 0 Å². The van der Waals surface area contributed by atoms with Gasteiger partial charge >= 0.3 is 0 Å². The second-order valence-corrected chi connectivity index (χ2v) is 4.99. The summed E-state index contributed by atoms with van der Waals surface area (Å²) in [5, 5.41) is 2.74. The lowest BCUT2D eigenvalue weighted by atomic mass is 10.1. The van der Waals surface area contributed by atoms with Crippen LogP contribution in [0.2, 0.25) is 0 Å². The highest BCUT2D eigenvalue weighted by Crippen LogP contribution is 2.33. The van der Waals surface area contributed by atoms with E-state index in [4.69, 9.17) is 14.2 Å². The van der Waals surface area contributed by atoms with Crippen LogP contribution < -0.4 is 19.5 Å². The number of rotatable bonds is 4. The molecule has 0 bridgehead atoms. The van der Waals surface area contributed by atoms with Crippen molar-refractivity contribution in [3.63, 3.8) is 0 Å². The molecule has 1 amide bonds. The van der Waals surface area contributed by atoms with Crippen molar-refractivity contribution in [2.75, 3.05) is 19.2 Å². The first-order valence-corrected chi connectivity index (χ1v) is 6.98. The maximum atomic E-state index is 12.4. The number of nitrogens with one attached hydrogen (secondary N) is 1. The van der Waals surface area contributed by atoms with Crippen LogP contribution in [-0.4, -0.2) is 25.6 Å². The molecule has 0 aliphatic carbocycles. The summed E-state index contributed by atoms with van der Waals surface area (Å²) in [6, 6.07) is 9.82. The van der Waals surface area contributed by atoms with Gasteiger partial charge in [-0.05, 0) is 37.3 Å². The highest BCUT2D eigenvalue weighted by molar-refractivity contribution is 6.09. The molecular weight excluding hydrogens is 298 g/mol. The molecule has 1 N–H and O–H groups in total. The monoisotopic (exact) mass is 313 g/mol. The van der Waals surface area contributed by atoms with Gasteiger partial charge in [0.1, 0.15) is 5.75 Å². The molecule has 6 heteroatoms. The summed E-state index contributed by atoms with van der Waals surface area (Å²) in [6.07, 6.45) is 0. The molecule has 2 aromatic rings. The average molecular weight is 313 g/mol. The third kappa shape index (κ3) is 2.96. The summed E-state index contributed by atoms with van der Waals surface area (Å²) in [6.45, 7) is 1.59. The first-order chi connectivity index (χ1) is 11.1. The Hall–Kier alpha value is -3.02. The van der Waals surface area contributed by atoms with Gasteiger partial charge in [-0.2, -0.15) is 0 Å². The van der Waals surface area contributed by atoms with E-state index in [2.05, 4.69) is 5.32 Å². The van der Waals surface area contributed by atoms with Crippen LogP contribution in [0, 0.1) is 0 Å². The molecule has 3 rings (SSSR count). The number of fused-ring (bicyclic) bond motifs is 1. The molecule has 1 aliphatic rings. The van der Waals surface area contributed by atoms with Crippen LogP contribution >= 0.6 is 0 Å². The average Bonchev–Trinajstić information content (AvgIpc) is 3.01. The van der Waals surface area contributed by atoms with E-state index < -0.39 is 0 Å². The Morgan fingerprint density at radius 3 is 2.61 bits per heavy atom. The zero-order chi connectivity index (χ0) is 16.4. The predicted octanol–water partition coefficient (Wildman–Crippen LogP) is 2.88. The van der Waals surface area contributed by atoms with E-state index >= 15 is 0 Å². The molecule has 2 aromatic carbocycles. The summed E-state index contributed by atoms with van der Waals surface area (Å²) >= 11 is 0. The summed E-state index contributed by atoms with van der Waals surface area (Å²) in [4.78, 5) is 24.1. The van der Waals surface area contributed by atoms with Gasteiger partial charge in [0.25, 0.3) is 5.91 Å². The molecule has 23 heavy (non-hydrogen) atoms. The summed E-state index contributed by atoms with van der Waals surface area (Å²) < 4.78 is 15.6. The number of benzene rings is 2. The van der Waals surface area contributed by atoms with E-state index in [-0.39, 0.29) is 18.5 Å². The Morgan fingerprint density at radius 2 is 1.87 bits per heavy atom. The Kier molecular flexibility index (Phi) is 3.89. The molecule has 0 saturated heterocycles. The van der Waals surface area contributed by atoms with Crippen LogP contribution in [0.15, 0.2) is 36.4 Å². The quantitative estimate of drug-likeness (QED) is 0.879. The number of Topliss-reactive ketones (excluding diaryl/α,β-unsaturated/α-hetero) is 1. The van der Waals surface area contributed by atoms with E-state index in [1.807, 2.05) is 0 Å². The molecule has 118 valence electrons. The van der Waals surface area contributed by atoms with E-state index in [1.165, 1.54) is 14.0 Å². The number of amides is 1. The molecule has 0 aromatic heterocycles. The maximum Gasteiger partial charge on any atom is 0.255 e. The van der Waals surface area contributed by atoms with Gasteiger partial charge in [-0.1, -0.05) is 0 Å². The lowest BCUT2D eigenvalue weighted by Crippen LogP contribution is -2.14. The van der Waals surface area contributed by atoms with Crippen molar-refractivity contribution in [3.8, 4) is 17.2 Å². The van der Waals surface area contributed by atoms with Crippen molar-refractivity contribution in [1.82, 2.24) is 0 Å². The Balaban J connectivity index is 1.89. The van der Waals surface area contributed by atoms with Gasteiger partial charge in [0.05, 0.1) is 12.8 Å². The summed E-state index contributed by atoms with van der Waals surface area (Å²) in [7, 11) is 1.52. The lowest BCUT2D eigenvalue weighted by Gasteiger charge is -2.11. The first-order valence-electron chi connectivity index (χ1n) is 6.98. The normalized spacial score (nSPS) is 11.9. The van der Waals surface area contributed by atoms with E-state index in [0.717, 1.165) is 0 Å². The van der Waals surface area contributed by atoms with Crippen LogP contribution in [0.4, 0.5) is 5.69 Å². The first kappa shape index (κ1) is 14.9. The minimum atomic E-state index is -0.348. The predicted molar refractivity (Wildman–Crippen MR) is 83.5 cm³/mol. The van der Waals surface area contributed by atoms with Crippen molar-refractivity contribution < 1.29 is 23.8 Å². The van der Waals surface area contributed by atoms with E-state index in [9.17, 15) is 9.59 Å². The fourth-order valence-electron chi connectivity index (χ4n) is 2.29. The van der Waals surface area contributed by atoms with Gasteiger partial charge in [-0.3, -0.25) is 9.59 Å². The molecule has 0 atom stereocenters. The van der Waals surface area contributed by atoms with Crippen LogP contribution in [0.5, 0.6) is 17.2 Å². The third-order valence-corrected chi connectivity index (χ3v) is 3.49. The molecule has 1 heterocycles. The molecule has 6 nitrogen and oxygen atoms in total. The van der Waals surface area contributed by atoms with Crippen molar-refractivity contribution in [2.45, 2.75) is 6.92 Å². The summed E-state index contributed by atoms with van der Waals surface area (Å²) in [5.74, 6) is 1.19. The van der Waals surface area contributed by atoms with E-state index in [0.29, 0.717) is 34.1 Å². The maximum absolute atomic E-state index is 12.4. The molecular formula is C17H15NO5. The topological polar surface area (TPSA) is 73.9 Å². The Labute approximate surface area is 133 Å². The van der Waals surface area contributed by atoms with Crippen LogP contribution in [0.25, 0.3) is 0 Å². The molecule has 0 unspecified atom stereocenters. The molecule has 1 aliphatic heterocycles. The SMILES string of the molecule is COc1ccc(C(C)=O)c(NC(=O)c2ccc3c(c2)OCO3)c1. The summed E-state index contributed by atoms with van der Waals surface area (Å²) in [5.41, 5.74) is 1.23. The van der Waals surface area contributed by atoms with Crippen molar-refractivity contribution >= 4 is 17.4 Å². The Morgan fingerprint density at radius 1 is 1.09 bits per heavy atom.